The maximum absolute atomic E-state index is 12.5. The third-order valence-electron chi connectivity index (χ3n) is 5.50. The van der Waals surface area contributed by atoms with Crippen LogP contribution < -0.4 is 5.32 Å². The minimum absolute atomic E-state index is 0.0630. The minimum Gasteiger partial charge on any atom is -0.328 e. The molecule has 1 heterocycles. The van der Waals surface area contributed by atoms with Gasteiger partial charge in [0.15, 0.2) is 0 Å². The van der Waals surface area contributed by atoms with E-state index in [1.807, 2.05) is 35.8 Å². The summed E-state index contributed by atoms with van der Waals surface area (Å²) in [4.78, 5) is 17.4. The van der Waals surface area contributed by atoms with Crippen molar-refractivity contribution in [2.24, 2.45) is 0 Å². The number of nitrogens with zero attached hydrogens (tertiary/aromatic N) is 3. The lowest BCUT2D eigenvalue weighted by molar-refractivity contribution is -0.116. The van der Waals surface area contributed by atoms with Gasteiger partial charge >= 0.3 is 0 Å². The van der Waals surface area contributed by atoms with Gasteiger partial charge in [-0.05, 0) is 48.2 Å². The van der Waals surface area contributed by atoms with Gasteiger partial charge < -0.3 is 9.88 Å². The summed E-state index contributed by atoms with van der Waals surface area (Å²) in [5.74, 6) is 0.680. The lowest BCUT2D eigenvalue weighted by Gasteiger charge is -2.19. The van der Waals surface area contributed by atoms with Gasteiger partial charge in [0.1, 0.15) is 5.82 Å². The predicted molar refractivity (Wildman–Crippen MR) is 128 cm³/mol. The Bertz CT molecular complexity index is 1220. The van der Waals surface area contributed by atoms with Crippen LogP contribution in [0.15, 0.2) is 47.4 Å². The van der Waals surface area contributed by atoms with Crippen molar-refractivity contribution in [1.82, 2.24) is 13.9 Å². The van der Waals surface area contributed by atoms with Crippen LogP contribution in [0.5, 0.6) is 0 Å². The van der Waals surface area contributed by atoms with Crippen molar-refractivity contribution in [1.29, 1.82) is 0 Å². The largest absolute Gasteiger partial charge is 0.328 e. The minimum atomic E-state index is -3.53. The zero-order valence-electron chi connectivity index (χ0n) is 19.6. The highest BCUT2D eigenvalue weighted by molar-refractivity contribution is 7.89. The molecule has 0 unspecified atom stereocenters. The van der Waals surface area contributed by atoms with Crippen molar-refractivity contribution in [3.63, 3.8) is 0 Å². The molecule has 32 heavy (non-hydrogen) atoms. The van der Waals surface area contributed by atoms with Crippen LogP contribution >= 0.6 is 0 Å². The maximum Gasteiger partial charge on any atom is 0.242 e. The predicted octanol–water partition coefficient (Wildman–Crippen LogP) is 4.18. The first-order chi connectivity index (χ1) is 14.9. The van der Waals surface area contributed by atoms with Gasteiger partial charge in [0.05, 0.1) is 15.9 Å². The van der Waals surface area contributed by atoms with Gasteiger partial charge in [0, 0.05) is 39.2 Å². The highest BCUT2D eigenvalue weighted by Gasteiger charge is 2.20. The van der Waals surface area contributed by atoms with Crippen molar-refractivity contribution in [2.45, 2.75) is 57.4 Å². The summed E-state index contributed by atoms with van der Waals surface area (Å²) >= 11 is 0. The average molecular weight is 457 g/mol. The fraction of sp³-hybridized carbons (Fsp3) is 0.417. The number of aryl methyl sites for hydroxylation is 2. The number of carbonyl (C=O) groups is 1. The molecule has 2 aromatic carbocycles. The zero-order chi connectivity index (χ0) is 23.7. The molecule has 7 nitrogen and oxygen atoms in total. The zero-order valence-corrected chi connectivity index (χ0v) is 20.5. The van der Waals surface area contributed by atoms with E-state index >= 15 is 0 Å². The second kappa shape index (κ2) is 9.03. The fourth-order valence-electron chi connectivity index (χ4n) is 3.58. The Hall–Kier alpha value is -2.71. The molecule has 1 amide bonds. The molecule has 0 saturated heterocycles. The number of aromatic nitrogens is 2. The van der Waals surface area contributed by atoms with E-state index < -0.39 is 10.0 Å². The van der Waals surface area contributed by atoms with Crippen LogP contribution in [0, 0.1) is 0 Å². The molecular formula is C24H32N4O3S. The number of nitrogens with one attached hydrogen (secondary N) is 1. The normalized spacial score (nSPS) is 12.5. The van der Waals surface area contributed by atoms with Crippen LogP contribution in [0.3, 0.4) is 0 Å². The molecule has 0 fully saturated rings. The first-order valence-electron chi connectivity index (χ1n) is 10.8. The number of rotatable bonds is 7. The molecule has 0 saturated carbocycles. The quantitative estimate of drug-likeness (QED) is 0.578. The fourth-order valence-corrected chi connectivity index (χ4v) is 4.50. The van der Waals surface area contributed by atoms with Crippen molar-refractivity contribution in [3.8, 4) is 0 Å². The third kappa shape index (κ3) is 5.02. The number of benzene rings is 2. The molecule has 0 bridgehead atoms. The first kappa shape index (κ1) is 23.9. The van der Waals surface area contributed by atoms with Gasteiger partial charge in [0.2, 0.25) is 15.9 Å². The lowest BCUT2D eigenvalue weighted by atomic mass is 9.87. The number of hydrogen-bond acceptors (Lipinski definition) is 4. The third-order valence-corrected chi connectivity index (χ3v) is 7.31. The average Bonchev–Trinajstić information content (AvgIpc) is 3.08. The second-order valence-electron chi connectivity index (χ2n) is 9.09. The molecule has 0 spiro atoms. The summed E-state index contributed by atoms with van der Waals surface area (Å²) in [6.07, 6.45) is 0.747. The number of sulfonamides is 1. The van der Waals surface area contributed by atoms with Gasteiger partial charge in [-0.2, -0.15) is 0 Å². The van der Waals surface area contributed by atoms with E-state index in [0.29, 0.717) is 18.5 Å². The van der Waals surface area contributed by atoms with E-state index in [0.717, 1.165) is 17.0 Å². The van der Waals surface area contributed by atoms with Crippen LogP contribution in [0.2, 0.25) is 0 Å². The van der Waals surface area contributed by atoms with Crippen molar-refractivity contribution < 1.29 is 13.2 Å². The number of imidazole rings is 1. The molecule has 0 aliphatic heterocycles. The van der Waals surface area contributed by atoms with E-state index in [2.05, 4.69) is 31.1 Å². The summed E-state index contributed by atoms with van der Waals surface area (Å²) in [5.41, 5.74) is 3.52. The van der Waals surface area contributed by atoms with Gasteiger partial charge in [-0.1, -0.05) is 32.9 Å². The van der Waals surface area contributed by atoms with Crippen molar-refractivity contribution in [3.05, 3.63) is 53.9 Å². The van der Waals surface area contributed by atoms with E-state index in [9.17, 15) is 13.2 Å². The lowest BCUT2D eigenvalue weighted by Crippen LogP contribution is -2.22. The van der Waals surface area contributed by atoms with Crippen LogP contribution in [0.4, 0.5) is 5.69 Å². The Morgan fingerprint density at radius 3 is 2.31 bits per heavy atom. The number of hydrogen-bond donors (Lipinski definition) is 1. The Balaban J connectivity index is 1.74. The SMILES string of the molecule is CCn1c(CCC(=O)Nc2ccc(C(C)(C)C)cc2)nc2cc(S(=O)(=O)N(C)C)ccc21. The first-order valence-corrected chi connectivity index (χ1v) is 12.2. The van der Waals surface area contributed by atoms with Gasteiger partial charge in [-0.15, -0.1) is 0 Å². The monoisotopic (exact) mass is 456 g/mol. The van der Waals surface area contributed by atoms with Crippen LogP contribution in [0.1, 0.15) is 45.5 Å². The summed E-state index contributed by atoms with van der Waals surface area (Å²) in [6.45, 7) is 9.14. The molecule has 0 radical (unpaired) electrons. The van der Waals surface area contributed by atoms with Gasteiger partial charge in [-0.25, -0.2) is 17.7 Å². The standard InChI is InChI=1S/C24H32N4O3S/c1-7-28-21-13-12-19(32(30,31)27(5)6)16-20(21)26-22(28)14-15-23(29)25-18-10-8-17(9-11-18)24(2,3)4/h8-13,16H,7,14-15H2,1-6H3,(H,25,29). The Morgan fingerprint density at radius 1 is 1.09 bits per heavy atom. The second-order valence-corrected chi connectivity index (χ2v) is 11.2. The van der Waals surface area contributed by atoms with Crippen LogP contribution in [-0.4, -0.2) is 42.3 Å². The van der Waals surface area contributed by atoms with E-state index in [1.165, 1.54) is 24.0 Å². The summed E-state index contributed by atoms with van der Waals surface area (Å²) in [7, 11) is -0.522. The summed E-state index contributed by atoms with van der Waals surface area (Å²) in [6, 6.07) is 12.9. The van der Waals surface area contributed by atoms with Crippen molar-refractivity contribution in [2.75, 3.05) is 19.4 Å². The smallest absolute Gasteiger partial charge is 0.242 e. The highest BCUT2D eigenvalue weighted by Crippen LogP contribution is 2.24. The number of carbonyl (C=O) groups excluding carboxylic acids is 1. The van der Waals surface area contributed by atoms with Crippen LogP contribution in [-0.2, 0) is 33.2 Å². The molecule has 0 aliphatic rings. The molecule has 0 atom stereocenters. The molecule has 8 heteroatoms. The Labute approximate surface area is 190 Å². The van der Waals surface area contributed by atoms with Gasteiger partial charge in [-0.3, -0.25) is 4.79 Å². The Kier molecular flexibility index (Phi) is 6.76. The molecule has 1 N–H and O–H groups in total. The number of amides is 1. The summed E-state index contributed by atoms with van der Waals surface area (Å²) in [5, 5.41) is 2.94. The topological polar surface area (TPSA) is 84.3 Å². The van der Waals surface area contributed by atoms with Crippen molar-refractivity contribution >= 4 is 32.7 Å². The van der Waals surface area contributed by atoms with Crippen LogP contribution in [0.25, 0.3) is 11.0 Å². The molecular weight excluding hydrogens is 424 g/mol. The molecule has 172 valence electrons. The van der Waals surface area contributed by atoms with E-state index in [-0.39, 0.29) is 22.6 Å². The van der Waals surface area contributed by atoms with E-state index in [1.54, 1.807) is 18.2 Å². The maximum atomic E-state index is 12.5. The molecule has 3 rings (SSSR count). The summed E-state index contributed by atoms with van der Waals surface area (Å²) < 4.78 is 28.1. The highest BCUT2D eigenvalue weighted by atomic mass is 32.2. The Morgan fingerprint density at radius 2 is 1.75 bits per heavy atom. The number of anilines is 1. The molecule has 0 aliphatic carbocycles. The number of fused-ring (bicyclic) bond motifs is 1. The van der Waals surface area contributed by atoms with Gasteiger partial charge in [0.25, 0.3) is 0 Å². The molecule has 3 aromatic rings. The van der Waals surface area contributed by atoms with E-state index in [4.69, 9.17) is 0 Å². The molecule has 1 aromatic heterocycles.